The molecular formula is C13H17NO3S2. The predicted octanol–water partition coefficient (Wildman–Crippen LogP) is 2.17. The Bertz CT molecular complexity index is 463. The summed E-state index contributed by atoms with van der Waals surface area (Å²) in [6, 6.07) is 1.12. The number of carbonyl (C=O) groups excluding carboxylic acids is 1. The standard InChI is InChI=1S/C13H17NO3S2/c1-18-6-5-9(13(16)17)14-12(15)11-7-8-3-2-4-10(8)19-11/h7,9H,2-6H2,1H3,(H,14,15)(H,16,17). The highest BCUT2D eigenvalue weighted by Crippen LogP contribution is 2.30. The minimum Gasteiger partial charge on any atom is -0.480 e. The van der Waals surface area contributed by atoms with Crippen LogP contribution in [-0.4, -0.2) is 35.0 Å². The molecule has 1 unspecified atom stereocenters. The highest BCUT2D eigenvalue weighted by atomic mass is 32.2. The second-order valence-electron chi connectivity index (χ2n) is 4.56. The SMILES string of the molecule is CSCCC(NC(=O)c1cc2c(s1)CCC2)C(=O)O. The van der Waals surface area contributed by atoms with E-state index in [0.717, 1.165) is 25.0 Å². The van der Waals surface area contributed by atoms with Crippen molar-refractivity contribution in [3.63, 3.8) is 0 Å². The zero-order valence-electron chi connectivity index (χ0n) is 10.8. The number of hydrogen-bond donors (Lipinski definition) is 2. The van der Waals surface area contributed by atoms with Crippen LogP contribution in [-0.2, 0) is 17.6 Å². The first-order valence-electron chi connectivity index (χ1n) is 6.26. The summed E-state index contributed by atoms with van der Waals surface area (Å²) in [4.78, 5) is 25.1. The van der Waals surface area contributed by atoms with Gasteiger partial charge in [-0.05, 0) is 49.3 Å². The maximum absolute atomic E-state index is 12.1. The molecule has 1 heterocycles. The predicted molar refractivity (Wildman–Crippen MR) is 78.2 cm³/mol. The van der Waals surface area contributed by atoms with Crippen molar-refractivity contribution >= 4 is 35.0 Å². The van der Waals surface area contributed by atoms with Crippen LogP contribution >= 0.6 is 23.1 Å². The molecule has 6 heteroatoms. The van der Waals surface area contributed by atoms with Crippen LogP contribution in [0.1, 0.15) is 33.0 Å². The molecule has 104 valence electrons. The first kappa shape index (κ1) is 14.4. The number of aliphatic carboxylic acids is 1. The highest BCUT2D eigenvalue weighted by Gasteiger charge is 2.23. The van der Waals surface area contributed by atoms with Gasteiger partial charge in [0.25, 0.3) is 5.91 Å². The Balaban J connectivity index is 1.99. The molecule has 0 spiro atoms. The van der Waals surface area contributed by atoms with Crippen molar-refractivity contribution in [1.29, 1.82) is 0 Å². The Labute approximate surface area is 120 Å². The van der Waals surface area contributed by atoms with E-state index < -0.39 is 12.0 Å². The summed E-state index contributed by atoms with van der Waals surface area (Å²) < 4.78 is 0. The molecule has 2 rings (SSSR count). The minimum atomic E-state index is -0.966. The number of aryl methyl sites for hydroxylation is 2. The quantitative estimate of drug-likeness (QED) is 0.845. The number of thioether (sulfide) groups is 1. The third-order valence-electron chi connectivity index (χ3n) is 3.18. The molecule has 0 aromatic carbocycles. The number of carboxylic acids is 1. The van der Waals surface area contributed by atoms with Crippen LogP contribution in [0.4, 0.5) is 0 Å². The van der Waals surface area contributed by atoms with E-state index in [1.54, 1.807) is 11.8 Å². The van der Waals surface area contributed by atoms with Gasteiger partial charge in [-0.3, -0.25) is 4.79 Å². The largest absolute Gasteiger partial charge is 0.480 e. The van der Waals surface area contributed by atoms with Crippen molar-refractivity contribution in [3.05, 3.63) is 21.4 Å². The van der Waals surface area contributed by atoms with Gasteiger partial charge in [0.15, 0.2) is 0 Å². The molecule has 0 radical (unpaired) electrons. The lowest BCUT2D eigenvalue weighted by Gasteiger charge is -2.13. The van der Waals surface area contributed by atoms with Gasteiger partial charge in [-0.25, -0.2) is 4.79 Å². The number of thiophene rings is 1. The molecular weight excluding hydrogens is 282 g/mol. The number of carbonyl (C=O) groups is 2. The number of carboxylic acid groups (broad SMARTS) is 1. The fraction of sp³-hybridized carbons (Fsp3) is 0.538. The van der Waals surface area contributed by atoms with Crippen LogP contribution in [0.5, 0.6) is 0 Å². The highest BCUT2D eigenvalue weighted by molar-refractivity contribution is 7.98. The van der Waals surface area contributed by atoms with Crippen molar-refractivity contribution < 1.29 is 14.7 Å². The van der Waals surface area contributed by atoms with E-state index >= 15 is 0 Å². The summed E-state index contributed by atoms with van der Waals surface area (Å²) in [6.07, 6.45) is 5.61. The molecule has 1 aliphatic carbocycles. The van der Waals surface area contributed by atoms with Gasteiger partial charge in [-0.1, -0.05) is 0 Å². The molecule has 1 aliphatic rings. The van der Waals surface area contributed by atoms with E-state index in [9.17, 15) is 9.59 Å². The molecule has 0 fully saturated rings. The lowest BCUT2D eigenvalue weighted by molar-refractivity contribution is -0.139. The van der Waals surface area contributed by atoms with Gasteiger partial charge in [0.1, 0.15) is 6.04 Å². The molecule has 1 atom stereocenters. The van der Waals surface area contributed by atoms with Crippen LogP contribution in [0.3, 0.4) is 0 Å². The van der Waals surface area contributed by atoms with E-state index in [2.05, 4.69) is 5.32 Å². The van der Waals surface area contributed by atoms with Gasteiger partial charge in [-0.15, -0.1) is 11.3 Å². The zero-order valence-corrected chi connectivity index (χ0v) is 12.4. The van der Waals surface area contributed by atoms with Crippen LogP contribution in [0.2, 0.25) is 0 Å². The van der Waals surface area contributed by atoms with Crippen molar-refractivity contribution in [1.82, 2.24) is 5.32 Å². The maximum atomic E-state index is 12.1. The number of amides is 1. The molecule has 0 bridgehead atoms. The fourth-order valence-electron chi connectivity index (χ4n) is 2.16. The molecule has 1 aromatic heterocycles. The third-order valence-corrected chi connectivity index (χ3v) is 5.06. The summed E-state index contributed by atoms with van der Waals surface area (Å²) in [5.74, 6) is -0.502. The second-order valence-corrected chi connectivity index (χ2v) is 6.68. The molecule has 2 N–H and O–H groups in total. The molecule has 19 heavy (non-hydrogen) atoms. The Morgan fingerprint density at radius 3 is 2.95 bits per heavy atom. The third kappa shape index (κ3) is 3.51. The zero-order chi connectivity index (χ0) is 13.8. The number of nitrogens with one attached hydrogen (secondary N) is 1. The van der Waals surface area contributed by atoms with E-state index in [1.807, 2.05) is 12.3 Å². The van der Waals surface area contributed by atoms with Gasteiger partial charge in [0.05, 0.1) is 4.88 Å². The monoisotopic (exact) mass is 299 g/mol. The number of fused-ring (bicyclic) bond motifs is 1. The van der Waals surface area contributed by atoms with Crippen LogP contribution < -0.4 is 5.32 Å². The van der Waals surface area contributed by atoms with Gasteiger partial charge in [0, 0.05) is 4.88 Å². The molecule has 1 amide bonds. The summed E-state index contributed by atoms with van der Waals surface area (Å²) >= 11 is 3.08. The summed E-state index contributed by atoms with van der Waals surface area (Å²) in [5.41, 5.74) is 1.26. The van der Waals surface area contributed by atoms with Crippen LogP contribution in [0, 0.1) is 0 Å². The second kappa shape index (κ2) is 6.43. The maximum Gasteiger partial charge on any atom is 0.326 e. The first-order valence-corrected chi connectivity index (χ1v) is 8.47. The summed E-state index contributed by atoms with van der Waals surface area (Å²) in [6.45, 7) is 0. The van der Waals surface area contributed by atoms with Gasteiger partial charge in [-0.2, -0.15) is 11.8 Å². The Kier molecular flexibility index (Phi) is 4.87. The Morgan fingerprint density at radius 1 is 1.53 bits per heavy atom. The van der Waals surface area contributed by atoms with E-state index in [0.29, 0.717) is 11.3 Å². The average Bonchev–Trinajstić information content (AvgIpc) is 2.94. The Morgan fingerprint density at radius 2 is 2.32 bits per heavy atom. The van der Waals surface area contributed by atoms with Crippen LogP contribution in [0.15, 0.2) is 6.07 Å². The van der Waals surface area contributed by atoms with Crippen molar-refractivity contribution in [2.45, 2.75) is 31.7 Å². The molecule has 1 aromatic rings. The fourth-order valence-corrected chi connectivity index (χ4v) is 3.79. The smallest absolute Gasteiger partial charge is 0.326 e. The summed E-state index contributed by atoms with van der Waals surface area (Å²) in [7, 11) is 0. The van der Waals surface area contributed by atoms with E-state index in [1.165, 1.54) is 21.8 Å². The van der Waals surface area contributed by atoms with Crippen molar-refractivity contribution in [2.24, 2.45) is 0 Å². The lowest BCUT2D eigenvalue weighted by Crippen LogP contribution is -2.40. The Hall–Kier alpha value is -1.01. The van der Waals surface area contributed by atoms with E-state index in [-0.39, 0.29) is 5.91 Å². The molecule has 4 nitrogen and oxygen atoms in total. The normalized spacial score (nSPS) is 15.0. The number of rotatable bonds is 6. The number of hydrogen-bond acceptors (Lipinski definition) is 4. The first-order chi connectivity index (χ1) is 9.11. The minimum absolute atomic E-state index is 0.257. The topological polar surface area (TPSA) is 66.4 Å². The van der Waals surface area contributed by atoms with Crippen molar-refractivity contribution in [2.75, 3.05) is 12.0 Å². The van der Waals surface area contributed by atoms with E-state index in [4.69, 9.17) is 5.11 Å². The van der Waals surface area contributed by atoms with Gasteiger partial charge in [0.2, 0.25) is 0 Å². The van der Waals surface area contributed by atoms with Gasteiger partial charge < -0.3 is 10.4 Å². The van der Waals surface area contributed by atoms with Gasteiger partial charge >= 0.3 is 5.97 Å². The molecule has 0 saturated heterocycles. The molecule has 0 saturated carbocycles. The average molecular weight is 299 g/mol. The van der Waals surface area contributed by atoms with Crippen LogP contribution in [0.25, 0.3) is 0 Å². The summed E-state index contributed by atoms with van der Waals surface area (Å²) in [5, 5.41) is 11.7. The van der Waals surface area contributed by atoms with Crippen molar-refractivity contribution in [3.8, 4) is 0 Å². The lowest BCUT2D eigenvalue weighted by atomic mass is 10.2. The molecule has 0 aliphatic heterocycles.